The molecule has 2 aliphatic heterocycles. The zero-order chi connectivity index (χ0) is 51.4. The van der Waals surface area contributed by atoms with Crippen molar-refractivity contribution in [1.82, 2.24) is 24.7 Å². The maximum Gasteiger partial charge on any atom is 0.412 e. The Morgan fingerprint density at radius 3 is 1.96 bits per heavy atom. The summed E-state index contributed by atoms with van der Waals surface area (Å²) in [6.07, 6.45) is 2.23. The number of halogens is 3. The number of benzene rings is 1. The van der Waals surface area contributed by atoms with E-state index < -0.39 is 41.3 Å². The van der Waals surface area contributed by atoms with E-state index in [4.69, 9.17) is 41.8 Å². The molecular weight excluding hydrogens is 1010 g/mol. The van der Waals surface area contributed by atoms with Gasteiger partial charge in [0.1, 0.15) is 27.7 Å². The van der Waals surface area contributed by atoms with Crippen molar-refractivity contribution >= 4 is 99.5 Å². The van der Waals surface area contributed by atoms with Gasteiger partial charge >= 0.3 is 18.0 Å². The molecule has 71 heavy (non-hydrogen) atoms. The number of amides is 4. The lowest BCUT2D eigenvalue weighted by atomic mass is 10.2. The molecule has 6 heterocycles. The molecule has 0 aliphatic carbocycles. The number of carbonyl (C=O) groups excluding carboxylic acids is 4. The van der Waals surface area contributed by atoms with Gasteiger partial charge in [-0.3, -0.25) is 29.5 Å². The first kappa shape index (κ1) is 59.4. The number of carboxylic acids is 2. The number of morpholine rings is 2. The Balaban J connectivity index is 0.000000268. The fraction of sp³-hybridized carbons (Fsp3) is 0.391. The molecule has 2 saturated heterocycles. The van der Waals surface area contributed by atoms with Gasteiger partial charge in [-0.05, 0) is 81.1 Å². The summed E-state index contributed by atoms with van der Waals surface area (Å²) in [6, 6.07) is 9.66. The Bertz CT molecular complexity index is 2530. The minimum Gasteiger partial charge on any atom is -0.477 e. The molecule has 2 aliphatic rings. The first-order valence-electron chi connectivity index (χ1n) is 21.8. The van der Waals surface area contributed by atoms with Gasteiger partial charge in [0.15, 0.2) is 0 Å². The summed E-state index contributed by atoms with van der Waals surface area (Å²) in [5, 5.41) is 31.9. The minimum absolute atomic E-state index is 0. The number of nitrogens with one attached hydrogen (secondary N) is 5. The first-order valence-corrected chi connectivity index (χ1v) is 24.0. The molecule has 20 nitrogen and oxygen atoms in total. The third-order valence-corrected chi connectivity index (χ3v) is 11.8. The summed E-state index contributed by atoms with van der Waals surface area (Å²) in [5.41, 5.74) is 6.87. The molecule has 0 spiro atoms. The van der Waals surface area contributed by atoms with Gasteiger partial charge in [0.25, 0.3) is 17.7 Å². The SMILES string of the molecule is CC(C)(C)OC(=O)Nc1csc(C(=O)O)c1.Cc1csc(C(=O)NCCN2CCOCC2)c1.Cl.Cn1cc(NC(=O)c2cc(NC(=O)c3ccc(Cl)cc3F)c[nH]2)cc1C(=O)O.NCCN1CCOCC1. The zero-order valence-corrected chi connectivity index (χ0v) is 43.0. The predicted molar refractivity (Wildman–Crippen MR) is 274 cm³/mol. The van der Waals surface area contributed by atoms with Crippen LogP contribution in [-0.2, 0) is 21.3 Å². The highest BCUT2D eigenvalue weighted by atomic mass is 35.5. The van der Waals surface area contributed by atoms with Crippen LogP contribution >= 0.6 is 46.7 Å². The van der Waals surface area contributed by atoms with Crippen molar-refractivity contribution in [2.75, 3.05) is 94.7 Å². The van der Waals surface area contributed by atoms with E-state index >= 15 is 0 Å². The maximum absolute atomic E-state index is 13.8. The van der Waals surface area contributed by atoms with Gasteiger partial charge in [0.05, 0.1) is 53.9 Å². The van der Waals surface area contributed by atoms with Gasteiger partial charge in [-0.15, -0.1) is 35.1 Å². The molecule has 25 heteroatoms. The normalized spacial score (nSPS) is 13.5. The number of nitrogens with zero attached hydrogens (tertiary/aromatic N) is 3. The number of thiophene rings is 2. The average molecular weight is 1070 g/mol. The number of anilines is 3. The zero-order valence-electron chi connectivity index (χ0n) is 39.8. The third-order valence-electron chi connectivity index (χ3n) is 9.62. The fourth-order valence-electron chi connectivity index (χ4n) is 6.25. The Kier molecular flexibility index (Phi) is 24.6. The number of aryl methyl sites for hydroxylation is 2. The van der Waals surface area contributed by atoms with Crippen LogP contribution in [-0.4, -0.2) is 150 Å². The van der Waals surface area contributed by atoms with Gasteiger partial charge in [0, 0.05) is 82.2 Å². The molecule has 1 aromatic carbocycles. The van der Waals surface area contributed by atoms with Crippen molar-refractivity contribution < 1.29 is 57.6 Å². The van der Waals surface area contributed by atoms with Gasteiger partial charge in [-0.2, -0.15) is 0 Å². The third kappa shape index (κ3) is 21.2. The number of hydrogen-bond donors (Lipinski definition) is 8. The number of ether oxygens (including phenoxy) is 3. The summed E-state index contributed by atoms with van der Waals surface area (Å²) in [4.78, 5) is 77.4. The number of carboxylic acid groups (broad SMARTS) is 2. The number of hydrogen-bond acceptors (Lipinski definition) is 14. The molecule has 5 aromatic rings. The highest BCUT2D eigenvalue weighted by Gasteiger charge is 2.19. The molecule has 0 radical (unpaired) electrons. The van der Waals surface area contributed by atoms with E-state index in [9.17, 15) is 33.2 Å². The van der Waals surface area contributed by atoms with Gasteiger partial charge < -0.3 is 55.7 Å². The van der Waals surface area contributed by atoms with Crippen LogP contribution in [0.5, 0.6) is 0 Å². The lowest BCUT2D eigenvalue weighted by molar-refractivity contribution is 0.0383. The number of nitrogens with two attached hydrogens (primary N) is 1. The second kappa shape index (κ2) is 29.5. The van der Waals surface area contributed by atoms with Crippen LogP contribution in [0.4, 0.5) is 26.2 Å². The topological polar surface area (TPSA) is 272 Å². The maximum atomic E-state index is 13.8. The van der Waals surface area contributed by atoms with Crippen LogP contribution < -0.4 is 27.0 Å². The molecule has 0 unspecified atom stereocenters. The lowest BCUT2D eigenvalue weighted by Crippen LogP contribution is -2.41. The molecule has 7 rings (SSSR count). The predicted octanol–water partition coefficient (Wildman–Crippen LogP) is 6.96. The molecule has 0 atom stereocenters. The molecule has 4 amide bonds. The van der Waals surface area contributed by atoms with Crippen molar-refractivity contribution in [2.45, 2.75) is 33.3 Å². The monoisotopic (exact) mass is 1070 g/mol. The van der Waals surface area contributed by atoms with E-state index in [0.717, 1.165) is 100 Å². The van der Waals surface area contributed by atoms with Crippen molar-refractivity contribution in [3.05, 3.63) is 109 Å². The summed E-state index contributed by atoms with van der Waals surface area (Å²) in [6.45, 7) is 18.0. The van der Waals surface area contributed by atoms with Crippen LogP contribution in [0.15, 0.2) is 65.6 Å². The minimum atomic E-state index is -1.12. The molecular formula is C46H60Cl2FN9O11S2. The molecule has 0 bridgehead atoms. The van der Waals surface area contributed by atoms with E-state index in [0.29, 0.717) is 17.9 Å². The van der Waals surface area contributed by atoms with Gasteiger partial charge in [-0.1, -0.05) is 11.6 Å². The van der Waals surface area contributed by atoms with Crippen molar-refractivity contribution in [3.63, 3.8) is 0 Å². The number of H-pyrrole nitrogens is 1. The molecule has 9 N–H and O–H groups in total. The van der Waals surface area contributed by atoms with Crippen LogP contribution in [0, 0.1) is 12.7 Å². The Morgan fingerprint density at radius 1 is 0.803 bits per heavy atom. The van der Waals surface area contributed by atoms with Crippen LogP contribution in [0.2, 0.25) is 5.02 Å². The van der Waals surface area contributed by atoms with Crippen molar-refractivity contribution in [3.8, 4) is 0 Å². The summed E-state index contributed by atoms with van der Waals surface area (Å²) in [5.74, 6) is -4.10. The molecule has 0 saturated carbocycles. The molecule has 4 aromatic heterocycles. The van der Waals surface area contributed by atoms with Crippen LogP contribution in [0.3, 0.4) is 0 Å². The Morgan fingerprint density at radius 2 is 1.42 bits per heavy atom. The van der Waals surface area contributed by atoms with E-state index in [1.54, 1.807) is 26.2 Å². The summed E-state index contributed by atoms with van der Waals surface area (Å²) < 4.78 is 30.6. The molecule has 388 valence electrons. The van der Waals surface area contributed by atoms with E-state index in [2.05, 4.69) is 36.1 Å². The number of aromatic carboxylic acids is 2. The number of carbonyl (C=O) groups is 6. The average Bonchev–Trinajstić information content (AvgIpc) is 4.13. The second-order valence-electron chi connectivity index (χ2n) is 16.4. The van der Waals surface area contributed by atoms with E-state index in [1.807, 2.05) is 18.4 Å². The second-order valence-corrected chi connectivity index (χ2v) is 18.7. The fourth-order valence-corrected chi connectivity index (χ4v) is 7.90. The van der Waals surface area contributed by atoms with Gasteiger partial charge in [0.2, 0.25) is 0 Å². The Hall–Kier alpha value is -5.89. The largest absolute Gasteiger partial charge is 0.477 e. The van der Waals surface area contributed by atoms with Crippen molar-refractivity contribution in [1.29, 1.82) is 0 Å². The van der Waals surface area contributed by atoms with E-state index in [1.165, 1.54) is 65.7 Å². The van der Waals surface area contributed by atoms with E-state index in [-0.39, 0.29) is 50.9 Å². The van der Waals surface area contributed by atoms with Crippen molar-refractivity contribution in [2.24, 2.45) is 12.8 Å². The number of rotatable bonds is 13. The lowest BCUT2D eigenvalue weighted by Gasteiger charge is -2.26. The summed E-state index contributed by atoms with van der Waals surface area (Å²) >= 11 is 8.21. The standard InChI is InChI=1S/C18H14ClFN4O4.C12H18N2O2S.C10H13NO4S.C6H14N2O.ClH/c1-24-8-11(6-15(24)18(27)28)23-17(26)14-5-10(7-21-14)22-16(25)12-3-2-9(19)4-13(12)20;1-10-8-11(17-9-10)12(15)13-2-3-14-4-6-16-7-5-14;1-10(2,3)15-9(14)11-6-4-7(8(12)13)16-5-6;7-1-2-8-3-5-9-6-4-8;/h2-8,21H,1H3,(H,22,25)(H,23,26)(H,27,28);8-9H,2-7H2,1H3,(H,13,15);4-5H,1-3H3,(H,11,14)(H,12,13);1-7H2;1H. The summed E-state index contributed by atoms with van der Waals surface area (Å²) in [7, 11) is 1.54. The Labute approximate surface area is 429 Å². The van der Waals surface area contributed by atoms with Crippen LogP contribution in [0.1, 0.15) is 77.0 Å². The van der Waals surface area contributed by atoms with Crippen LogP contribution in [0.25, 0.3) is 0 Å². The number of aromatic amines is 1. The number of aromatic nitrogens is 2. The quantitative estimate of drug-likeness (QED) is 0.0593. The highest BCUT2D eigenvalue weighted by molar-refractivity contribution is 7.12. The molecule has 2 fully saturated rings. The first-order chi connectivity index (χ1) is 33.2. The smallest absolute Gasteiger partial charge is 0.412 e. The highest BCUT2D eigenvalue weighted by Crippen LogP contribution is 2.21. The van der Waals surface area contributed by atoms with Gasteiger partial charge in [-0.25, -0.2) is 18.8 Å².